The zero-order valence-corrected chi connectivity index (χ0v) is 17.5. The maximum absolute atomic E-state index is 12.8. The number of benzene rings is 1. The summed E-state index contributed by atoms with van der Waals surface area (Å²) in [5.41, 5.74) is 0.500. The van der Waals surface area contributed by atoms with E-state index < -0.39 is 6.03 Å². The van der Waals surface area contributed by atoms with Gasteiger partial charge in [-0.05, 0) is 43.9 Å². The largest absolute Gasteiger partial charge is 0.376 e. The molecule has 3 atom stereocenters. The second-order valence-corrected chi connectivity index (χ2v) is 8.54. The van der Waals surface area contributed by atoms with Gasteiger partial charge in [0.2, 0.25) is 0 Å². The van der Waals surface area contributed by atoms with Gasteiger partial charge in [0.1, 0.15) is 5.84 Å². The average molecular weight is 439 g/mol. The Morgan fingerprint density at radius 3 is 2.79 bits per heavy atom. The topological polar surface area (TPSA) is 83.0 Å². The SMILES string of the molecule is O=C(/N=C1\C2CCCCC2NC(=O)N1CC1CCCO1)Nc1ccc(Cl)c(Cl)c1. The summed E-state index contributed by atoms with van der Waals surface area (Å²) in [6.07, 6.45) is 5.78. The molecule has 4 rings (SSSR count). The van der Waals surface area contributed by atoms with Crippen LogP contribution >= 0.6 is 23.2 Å². The molecule has 29 heavy (non-hydrogen) atoms. The van der Waals surface area contributed by atoms with Crippen molar-refractivity contribution in [2.45, 2.75) is 50.7 Å². The van der Waals surface area contributed by atoms with E-state index in [0.29, 0.717) is 34.7 Å². The molecular weight excluding hydrogens is 415 g/mol. The van der Waals surface area contributed by atoms with Crippen molar-refractivity contribution in [1.82, 2.24) is 10.2 Å². The third-order valence-corrected chi connectivity index (χ3v) is 6.46. The lowest BCUT2D eigenvalue weighted by Crippen LogP contribution is -2.62. The van der Waals surface area contributed by atoms with Gasteiger partial charge in [0.15, 0.2) is 0 Å². The van der Waals surface area contributed by atoms with E-state index in [2.05, 4.69) is 15.6 Å². The molecule has 0 aromatic heterocycles. The van der Waals surface area contributed by atoms with E-state index in [1.54, 1.807) is 23.1 Å². The number of hydrogen-bond acceptors (Lipinski definition) is 3. The molecule has 0 bridgehead atoms. The first-order valence-electron chi connectivity index (χ1n) is 10.1. The van der Waals surface area contributed by atoms with Crippen molar-refractivity contribution in [3.05, 3.63) is 28.2 Å². The number of fused-ring (bicyclic) bond motifs is 1. The second kappa shape index (κ2) is 8.90. The number of ether oxygens (including phenoxy) is 1. The molecule has 0 radical (unpaired) electrons. The summed E-state index contributed by atoms with van der Waals surface area (Å²) in [5, 5.41) is 6.58. The summed E-state index contributed by atoms with van der Waals surface area (Å²) in [5.74, 6) is 0.564. The van der Waals surface area contributed by atoms with Crippen LogP contribution in [0, 0.1) is 5.92 Å². The summed E-state index contributed by atoms with van der Waals surface area (Å²) < 4.78 is 5.71. The third-order valence-electron chi connectivity index (χ3n) is 5.73. The molecule has 1 aliphatic carbocycles. The minimum absolute atomic E-state index is 0.0218. The first kappa shape index (κ1) is 20.4. The fourth-order valence-electron chi connectivity index (χ4n) is 4.29. The smallest absolute Gasteiger partial charge is 0.347 e. The van der Waals surface area contributed by atoms with Gasteiger partial charge in [0.25, 0.3) is 0 Å². The van der Waals surface area contributed by atoms with Crippen LogP contribution in [0.5, 0.6) is 0 Å². The number of halogens is 2. The quantitative estimate of drug-likeness (QED) is 0.717. The normalized spacial score (nSPS) is 28.2. The fraction of sp³-hybridized carbons (Fsp3) is 0.550. The highest BCUT2D eigenvalue weighted by Crippen LogP contribution is 2.31. The zero-order chi connectivity index (χ0) is 20.4. The summed E-state index contributed by atoms with van der Waals surface area (Å²) in [6, 6.07) is 4.13. The molecular formula is C20H24Cl2N4O3. The molecule has 4 amide bonds. The molecule has 3 fully saturated rings. The third kappa shape index (κ3) is 4.68. The van der Waals surface area contributed by atoms with Gasteiger partial charge in [0.05, 0.1) is 22.7 Å². The summed E-state index contributed by atoms with van der Waals surface area (Å²) >= 11 is 12.0. The Morgan fingerprint density at radius 2 is 2.03 bits per heavy atom. The van der Waals surface area contributed by atoms with Crippen molar-refractivity contribution >= 4 is 46.8 Å². The highest BCUT2D eigenvalue weighted by molar-refractivity contribution is 6.42. The van der Waals surface area contributed by atoms with E-state index in [9.17, 15) is 9.59 Å². The van der Waals surface area contributed by atoms with Crippen LogP contribution in [0.1, 0.15) is 38.5 Å². The number of anilines is 1. The molecule has 1 aromatic rings. The van der Waals surface area contributed by atoms with Gasteiger partial charge in [-0.3, -0.25) is 4.90 Å². The molecule has 2 aliphatic heterocycles. The molecule has 1 aromatic carbocycles. The van der Waals surface area contributed by atoms with Crippen LogP contribution in [0.4, 0.5) is 15.3 Å². The average Bonchev–Trinajstić information content (AvgIpc) is 3.20. The number of rotatable bonds is 3. The lowest BCUT2D eigenvalue weighted by atomic mass is 9.82. The molecule has 2 saturated heterocycles. The molecule has 156 valence electrons. The summed E-state index contributed by atoms with van der Waals surface area (Å²) in [4.78, 5) is 31.4. The number of nitrogens with zero attached hydrogens (tertiary/aromatic N) is 2. The van der Waals surface area contributed by atoms with Crippen LogP contribution in [0.25, 0.3) is 0 Å². The van der Waals surface area contributed by atoms with Crippen LogP contribution in [0.15, 0.2) is 23.2 Å². The maximum atomic E-state index is 12.8. The minimum atomic E-state index is -0.533. The van der Waals surface area contributed by atoms with Gasteiger partial charge < -0.3 is 15.4 Å². The number of nitrogens with one attached hydrogen (secondary N) is 2. The highest BCUT2D eigenvalue weighted by Gasteiger charge is 2.41. The Hall–Kier alpha value is -1.83. The number of hydrogen-bond donors (Lipinski definition) is 2. The van der Waals surface area contributed by atoms with E-state index in [1.807, 2.05) is 0 Å². The van der Waals surface area contributed by atoms with E-state index in [0.717, 1.165) is 38.5 Å². The lowest BCUT2D eigenvalue weighted by Gasteiger charge is -2.43. The number of carbonyl (C=O) groups is 2. The number of carbonyl (C=O) groups excluding carboxylic acids is 2. The van der Waals surface area contributed by atoms with Crippen molar-refractivity contribution in [3.8, 4) is 0 Å². The first-order valence-corrected chi connectivity index (χ1v) is 10.8. The van der Waals surface area contributed by atoms with E-state index >= 15 is 0 Å². The monoisotopic (exact) mass is 438 g/mol. The molecule has 1 saturated carbocycles. The van der Waals surface area contributed by atoms with Crippen LogP contribution in [-0.4, -0.2) is 48.1 Å². The lowest BCUT2D eigenvalue weighted by molar-refractivity contribution is 0.0897. The summed E-state index contributed by atoms with van der Waals surface area (Å²) in [7, 11) is 0. The molecule has 7 nitrogen and oxygen atoms in total. The number of amidine groups is 1. The van der Waals surface area contributed by atoms with Crippen molar-refractivity contribution in [2.24, 2.45) is 10.9 Å². The standard InChI is InChI=1S/C20H24Cl2N4O3/c21-15-8-7-12(10-16(15)22)23-19(27)25-18-14-5-1-2-6-17(14)24-20(28)26(18)11-13-4-3-9-29-13/h7-8,10,13-14,17H,1-6,9,11H2,(H,23,27)(H,24,28)/b25-18+. The summed E-state index contributed by atoms with van der Waals surface area (Å²) in [6.45, 7) is 1.12. The number of aliphatic imine (C=N–C) groups is 1. The predicted molar refractivity (Wildman–Crippen MR) is 113 cm³/mol. The van der Waals surface area contributed by atoms with Crippen molar-refractivity contribution in [3.63, 3.8) is 0 Å². The van der Waals surface area contributed by atoms with E-state index in [1.165, 1.54) is 0 Å². The predicted octanol–water partition coefficient (Wildman–Crippen LogP) is 4.69. The Balaban J connectivity index is 1.57. The van der Waals surface area contributed by atoms with Gasteiger partial charge in [-0.25, -0.2) is 9.59 Å². The van der Waals surface area contributed by atoms with Crippen molar-refractivity contribution in [1.29, 1.82) is 0 Å². The van der Waals surface area contributed by atoms with Gasteiger partial charge in [-0.2, -0.15) is 4.99 Å². The van der Waals surface area contributed by atoms with Crippen LogP contribution in [0.2, 0.25) is 10.0 Å². The second-order valence-electron chi connectivity index (χ2n) is 7.72. The van der Waals surface area contributed by atoms with Crippen LogP contribution in [0.3, 0.4) is 0 Å². The van der Waals surface area contributed by atoms with Crippen molar-refractivity contribution in [2.75, 3.05) is 18.5 Å². The highest BCUT2D eigenvalue weighted by atomic mass is 35.5. The molecule has 0 spiro atoms. The van der Waals surface area contributed by atoms with Crippen molar-refractivity contribution < 1.29 is 14.3 Å². The maximum Gasteiger partial charge on any atom is 0.347 e. The molecule has 2 N–H and O–H groups in total. The van der Waals surface area contributed by atoms with E-state index in [-0.39, 0.29) is 24.1 Å². The van der Waals surface area contributed by atoms with Gasteiger partial charge in [-0.15, -0.1) is 0 Å². The number of urea groups is 2. The van der Waals surface area contributed by atoms with E-state index in [4.69, 9.17) is 27.9 Å². The Labute approximate surface area is 179 Å². The molecule has 3 unspecified atom stereocenters. The first-order chi connectivity index (χ1) is 14.0. The number of amides is 4. The van der Waals surface area contributed by atoms with Gasteiger partial charge in [0, 0.05) is 24.3 Å². The zero-order valence-electron chi connectivity index (χ0n) is 16.0. The Bertz CT molecular complexity index is 826. The molecule has 2 heterocycles. The Morgan fingerprint density at radius 1 is 1.21 bits per heavy atom. The van der Waals surface area contributed by atoms with Crippen LogP contribution in [-0.2, 0) is 4.74 Å². The molecule has 9 heteroatoms. The molecule has 3 aliphatic rings. The minimum Gasteiger partial charge on any atom is -0.376 e. The van der Waals surface area contributed by atoms with Gasteiger partial charge >= 0.3 is 12.1 Å². The Kier molecular flexibility index (Phi) is 6.27. The van der Waals surface area contributed by atoms with Crippen LogP contribution < -0.4 is 10.6 Å². The fourth-order valence-corrected chi connectivity index (χ4v) is 4.59. The van der Waals surface area contributed by atoms with Gasteiger partial charge in [-0.1, -0.05) is 36.0 Å².